The average Bonchev–Trinajstić information content (AvgIpc) is 2.31. The van der Waals surface area contributed by atoms with Crippen molar-refractivity contribution in [3.8, 4) is 0 Å². The van der Waals surface area contributed by atoms with E-state index in [2.05, 4.69) is 16.8 Å². The number of halogens is 1. The van der Waals surface area contributed by atoms with Crippen LogP contribution in [-0.2, 0) is 6.42 Å². The Bertz CT molecular complexity index is 398. The Morgan fingerprint density at radius 3 is 2.47 bits per heavy atom. The van der Waals surface area contributed by atoms with Crippen LogP contribution in [0.1, 0.15) is 12.5 Å². The van der Waals surface area contributed by atoms with E-state index in [1.807, 2.05) is 13.0 Å². The van der Waals surface area contributed by atoms with Gasteiger partial charge in [-0.15, -0.1) is 0 Å². The van der Waals surface area contributed by atoms with E-state index in [-0.39, 0.29) is 5.82 Å². The number of nitrogens with zero attached hydrogens (tertiary/aromatic N) is 2. The van der Waals surface area contributed by atoms with Crippen LogP contribution in [0.5, 0.6) is 0 Å². The topological polar surface area (TPSA) is 32.5 Å². The van der Waals surface area contributed by atoms with Gasteiger partial charge >= 0.3 is 0 Å². The number of rotatable bonds is 2. The molecule has 0 spiro atoms. The third-order valence-corrected chi connectivity index (χ3v) is 3.46. The van der Waals surface area contributed by atoms with Crippen molar-refractivity contribution in [3.63, 3.8) is 0 Å². The van der Waals surface area contributed by atoms with Crippen LogP contribution in [0.15, 0.2) is 12.1 Å². The van der Waals surface area contributed by atoms with Crippen LogP contribution in [0, 0.1) is 5.82 Å². The molecule has 0 unspecified atom stereocenters. The molecule has 1 aromatic carbocycles. The van der Waals surface area contributed by atoms with Crippen molar-refractivity contribution < 1.29 is 4.39 Å². The molecular formula is C13H20FN3. The van der Waals surface area contributed by atoms with Gasteiger partial charge in [0.1, 0.15) is 0 Å². The molecule has 1 aliphatic heterocycles. The first-order valence-corrected chi connectivity index (χ1v) is 6.13. The van der Waals surface area contributed by atoms with Gasteiger partial charge in [0.15, 0.2) is 5.82 Å². The Hall–Kier alpha value is -1.29. The normalized spacial score (nSPS) is 17.5. The molecule has 1 saturated heterocycles. The Balaban J connectivity index is 2.27. The smallest absolute Gasteiger partial charge is 0.151 e. The number of hydrogen-bond donors (Lipinski definition) is 1. The first-order valence-electron chi connectivity index (χ1n) is 6.13. The largest absolute Gasteiger partial charge is 0.398 e. The number of benzene rings is 1. The molecule has 2 N–H and O–H groups in total. The first-order chi connectivity index (χ1) is 8.13. The molecule has 0 aromatic heterocycles. The summed E-state index contributed by atoms with van der Waals surface area (Å²) in [5.41, 5.74) is 7.68. The van der Waals surface area contributed by atoms with E-state index in [0.29, 0.717) is 23.4 Å². The van der Waals surface area contributed by atoms with Gasteiger partial charge in [-0.2, -0.15) is 0 Å². The maximum absolute atomic E-state index is 14.3. The quantitative estimate of drug-likeness (QED) is 0.795. The van der Waals surface area contributed by atoms with Gasteiger partial charge in [0, 0.05) is 37.4 Å². The van der Waals surface area contributed by atoms with Crippen molar-refractivity contribution in [2.24, 2.45) is 0 Å². The standard InChI is InChI=1S/C13H20FN3/c1-3-10-11(15)4-5-12(13(10)14)17-8-6-16(2)7-9-17/h4-5H,3,6-9,15H2,1-2H3. The van der Waals surface area contributed by atoms with Crippen molar-refractivity contribution in [2.45, 2.75) is 13.3 Å². The predicted molar refractivity (Wildman–Crippen MR) is 69.9 cm³/mol. The fourth-order valence-corrected chi connectivity index (χ4v) is 2.27. The molecule has 1 fully saturated rings. The second kappa shape index (κ2) is 4.92. The van der Waals surface area contributed by atoms with Gasteiger partial charge in [0.2, 0.25) is 0 Å². The molecule has 0 saturated carbocycles. The molecule has 0 atom stereocenters. The van der Waals surface area contributed by atoms with E-state index in [1.165, 1.54) is 0 Å². The minimum absolute atomic E-state index is 0.142. The highest BCUT2D eigenvalue weighted by Crippen LogP contribution is 2.27. The van der Waals surface area contributed by atoms with Gasteiger partial charge in [-0.1, -0.05) is 6.92 Å². The summed E-state index contributed by atoms with van der Waals surface area (Å²) < 4.78 is 14.3. The lowest BCUT2D eigenvalue weighted by Gasteiger charge is -2.34. The Labute approximate surface area is 102 Å². The fourth-order valence-electron chi connectivity index (χ4n) is 2.27. The highest BCUT2D eigenvalue weighted by molar-refractivity contribution is 5.60. The summed E-state index contributed by atoms with van der Waals surface area (Å²) in [6.45, 7) is 5.64. The molecule has 4 heteroatoms. The van der Waals surface area contributed by atoms with Gasteiger partial charge in [-0.05, 0) is 25.6 Å². The van der Waals surface area contributed by atoms with Crippen LogP contribution >= 0.6 is 0 Å². The molecule has 1 aliphatic rings. The molecule has 1 heterocycles. The third-order valence-electron chi connectivity index (χ3n) is 3.46. The van der Waals surface area contributed by atoms with Crippen molar-refractivity contribution in [1.82, 2.24) is 4.90 Å². The maximum atomic E-state index is 14.3. The fraction of sp³-hybridized carbons (Fsp3) is 0.538. The number of hydrogen-bond acceptors (Lipinski definition) is 3. The predicted octanol–water partition coefficient (Wildman–Crippen LogP) is 1.72. The van der Waals surface area contributed by atoms with Gasteiger partial charge < -0.3 is 15.5 Å². The average molecular weight is 237 g/mol. The lowest BCUT2D eigenvalue weighted by molar-refractivity contribution is 0.311. The summed E-state index contributed by atoms with van der Waals surface area (Å²) in [7, 11) is 2.09. The first kappa shape index (κ1) is 12.2. The van der Waals surface area contributed by atoms with Crippen molar-refractivity contribution in [3.05, 3.63) is 23.5 Å². The number of piperazine rings is 1. The van der Waals surface area contributed by atoms with Gasteiger partial charge in [0.25, 0.3) is 0 Å². The van der Waals surface area contributed by atoms with Gasteiger partial charge in [0.05, 0.1) is 5.69 Å². The number of likely N-dealkylation sites (N-methyl/N-ethyl adjacent to an activating group) is 1. The molecule has 0 radical (unpaired) electrons. The van der Waals surface area contributed by atoms with Crippen LogP contribution in [0.25, 0.3) is 0 Å². The monoisotopic (exact) mass is 237 g/mol. The molecular weight excluding hydrogens is 217 g/mol. The Morgan fingerprint density at radius 1 is 1.24 bits per heavy atom. The number of nitrogens with two attached hydrogens (primary N) is 1. The second-order valence-corrected chi connectivity index (χ2v) is 4.61. The minimum Gasteiger partial charge on any atom is -0.398 e. The summed E-state index contributed by atoms with van der Waals surface area (Å²) in [5, 5.41) is 0. The van der Waals surface area contributed by atoms with Crippen LogP contribution in [0.3, 0.4) is 0 Å². The van der Waals surface area contributed by atoms with Crippen molar-refractivity contribution in [2.75, 3.05) is 43.9 Å². The van der Waals surface area contributed by atoms with Crippen LogP contribution in [-0.4, -0.2) is 38.1 Å². The second-order valence-electron chi connectivity index (χ2n) is 4.61. The molecule has 0 aliphatic carbocycles. The zero-order chi connectivity index (χ0) is 12.4. The molecule has 94 valence electrons. The molecule has 3 nitrogen and oxygen atoms in total. The SMILES string of the molecule is CCc1c(N)ccc(N2CCN(C)CC2)c1F. The third kappa shape index (κ3) is 2.36. The zero-order valence-electron chi connectivity index (χ0n) is 10.5. The van der Waals surface area contributed by atoms with E-state index in [4.69, 9.17) is 5.73 Å². The highest BCUT2D eigenvalue weighted by atomic mass is 19.1. The highest BCUT2D eigenvalue weighted by Gasteiger charge is 2.19. The van der Waals surface area contributed by atoms with E-state index in [9.17, 15) is 4.39 Å². The summed E-state index contributed by atoms with van der Waals surface area (Å²) >= 11 is 0. The van der Waals surface area contributed by atoms with E-state index < -0.39 is 0 Å². The summed E-state index contributed by atoms with van der Waals surface area (Å²) in [5.74, 6) is -0.142. The van der Waals surface area contributed by atoms with Crippen LogP contribution in [0.2, 0.25) is 0 Å². The van der Waals surface area contributed by atoms with Crippen molar-refractivity contribution >= 4 is 11.4 Å². The summed E-state index contributed by atoms with van der Waals surface area (Å²) in [4.78, 5) is 4.36. The number of nitrogen functional groups attached to an aromatic ring is 1. The lowest BCUT2D eigenvalue weighted by Crippen LogP contribution is -2.44. The van der Waals surface area contributed by atoms with Crippen LogP contribution in [0.4, 0.5) is 15.8 Å². The molecule has 17 heavy (non-hydrogen) atoms. The molecule has 0 amide bonds. The Morgan fingerprint density at radius 2 is 1.88 bits per heavy atom. The summed E-state index contributed by atoms with van der Waals surface area (Å²) in [6.07, 6.45) is 0.638. The van der Waals surface area contributed by atoms with E-state index >= 15 is 0 Å². The zero-order valence-corrected chi connectivity index (χ0v) is 10.5. The van der Waals surface area contributed by atoms with Gasteiger partial charge in [-0.3, -0.25) is 0 Å². The number of anilines is 2. The van der Waals surface area contributed by atoms with E-state index in [1.54, 1.807) is 6.07 Å². The summed E-state index contributed by atoms with van der Waals surface area (Å²) in [6, 6.07) is 3.62. The van der Waals surface area contributed by atoms with Crippen molar-refractivity contribution in [1.29, 1.82) is 0 Å². The maximum Gasteiger partial charge on any atom is 0.151 e. The van der Waals surface area contributed by atoms with E-state index in [0.717, 1.165) is 26.2 Å². The lowest BCUT2D eigenvalue weighted by atomic mass is 10.1. The van der Waals surface area contributed by atoms with Gasteiger partial charge in [-0.25, -0.2) is 4.39 Å². The minimum atomic E-state index is -0.142. The molecule has 0 bridgehead atoms. The Kier molecular flexibility index (Phi) is 3.52. The molecule has 1 aromatic rings. The molecule has 2 rings (SSSR count). The van der Waals surface area contributed by atoms with Crippen LogP contribution < -0.4 is 10.6 Å².